The summed E-state index contributed by atoms with van der Waals surface area (Å²) in [6.07, 6.45) is 1.85. The molecule has 0 aliphatic carbocycles. The number of aromatic hydroxyl groups is 1. The third-order valence-corrected chi connectivity index (χ3v) is 15.2. The second-order valence-corrected chi connectivity index (χ2v) is 21.7. The Kier molecular flexibility index (Phi) is 23.9. The number of carbonyl (C=O) groups excluding carboxylic acids is 7. The number of nitrogens with one attached hydrogen (secondary N) is 8. The van der Waals surface area contributed by atoms with Gasteiger partial charge in [-0.05, 0) is 104 Å². The van der Waals surface area contributed by atoms with E-state index in [4.69, 9.17) is 40.3 Å². The van der Waals surface area contributed by atoms with Gasteiger partial charge in [0.2, 0.25) is 41.4 Å². The summed E-state index contributed by atoms with van der Waals surface area (Å²) in [5.74, 6) is -7.57. The molecule has 20 N–H and O–H groups in total. The molecule has 28 heteroatoms. The third-order valence-electron chi connectivity index (χ3n) is 12.6. The number of aliphatic carboxylic acids is 1. The molecule has 1 aliphatic rings. The van der Waals surface area contributed by atoms with E-state index in [1.54, 1.807) is 56.4 Å². The lowest BCUT2D eigenvalue weighted by molar-refractivity contribution is -0.142. The Balaban J connectivity index is 1.41. The predicted octanol–water partition coefficient (Wildman–Crippen LogP) is -0.889. The molecular weight excluding hydrogens is 1080 g/mol. The summed E-state index contributed by atoms with van der Waals surface area (Å²) in [5, 5.41) is 39.6. The maximum atomic E-state index is 14.7. The number of aromatic amines is 1. The molecule has 3 aromatic carbocycles. The van der Waals surface area contributed by atoms with Gasteiger partial charge in [-0.2, -0.15) is 0 Å². The molecule has 7 atom stereocenters. The number of hydrogen-bond acceptors (Lipinski definition) is 14. The number of halogens is 1. The lowest BCUT2D eigenvalue weighted by Crippen LogP contribution is -2.60. The first kappa shape index (κ1) is 62.1. The number of benzene rings is 3. The molecule has 2 heterocycles. The average molecular weight is 1150 g/mol. The molecule has 1 aliphatic heterocycles. The van der Waals surface area contributed by atoms with E-state index in [9.17, 15) is 48.6 Å². The van der Waals surface area contributed by atoms with Crippen molar-refractivity contribution in [2.24, 2.45) is 38.7 Å². The van der Waals surface area contributed by atoms with Crippen molar-refractivity contribution in [2.45, 2.75) is 101 Å². The van der Waals surface area contributed by atoms with E-state index in [-0.39, 0.29) is 87.2 Å². The Bertz CT molecular complexity index is 2860. The number of H-pyrrole nitrogens is 1. The maximum absolute atomic E-state index is 14.7. The van der Waals surface area contributed by atoms with Crippen LogP contribution in [0.15, 0.2) is 76.8 Å². The number of nitrogens with two attached hydrogens (primary N) is 5. The number of para-hydroxylation sites is 1. The van der Waals surface area contributed by atoms with Crippen LogP contribution in [-0.2, 0) is 57.6 Å². The Morgan fingerprint density at radius 2 is 1.37 bits per heavy atom. The van der Waals surface area contributed by atoms with Gasteiger partial charge in [0.05, 0.1) is 12.6 Å². The summed E-state index contributed by atoms with van der Waals surface area (Å²) in [6.45, 7) is 2.98. The van der Waals surface area contributed by atoms with E-state index in [1.807, 2.05) is 24.3 Å². The van der Waals surface area contributed by atoms with Gasteiger partial charge in [-0.1, -0.05) is 63.5 Å². The standard InChI is InChI=1S/C51H68ClN15O10S2/c1-26-17-31(68)18-27(2)33(26)21-34(53)43(70)66-41-25-79-78-24-40(44(71)61-23-42(69)62-36(9-5-15-58-50(54)55)45(72)63-37(49(76)77)10-6-16-59-51(56)57)67-46(73)38(19-28-11-13-30(52)14-12-28)64-47(74)39(65-48(41)75)20-29-22-60-35-8-4-3-7-32(29)35/h3-4,7-8,11-14,17-18,22,34,36-41,60,68H,5-6,9-10,15-16,19-21,23-25,53H2,1-2H3,(H,61,71)(H,62,69)(H,63,72)(H,64,74)(H,65,75)(H,66,70)(H,67,73)(H,76,77)(H4,54,55,58)(H4,56,57,59)/t34-,36+,37+,38-,39-,40-,41-/m0/s1. The van der Waals surface area contributed by atoms with Gasteiger partial charge in [-0.25, -0.2) is 4.79 Å². The molecule has 1 saturated heterocycles. The normalized spacial score (nSPS) is 18.2. The zero-order valence-corrected chi connectivity index (χ0v) is 45.9. The number of phenols is 1. The molecule has 79 heavy (non-hydrogen) atoms. The van der Waals surface area contributed by atoms with Crippen molar-refractivity contribution in [2.75, 3.05) is 31.1 Å². The van der Waals surface area contributed by atoms with E-state index in [0.29, 0.717) is 27.3 Å². The summed E-state index contributed by atoms with van der Waals surface area (Å²) >= 11 is 6.19. The van der Waals surface area contributed by atoms with Crippen molar-refractivity contribution in [1.82, 2.24) is 42.2 Å². The molecule has 426 valence electrons. The lowest BCUT2D eigenvalue weighted by atomic mass is 9.96. The minimum absolute atomic E-state index is 0.0528. The zero-order valence-electron chi connectivity index (χ0n) is 43.5. The van der Waals surface area contributed by atoms with Crippen LogP contribution in [0, 0.1) is 13.8 Å². The van der Waals surface area contributed by atoms with Gasteiger partial charge in [-0.3, -0.25) is 43.5 Å². The van der Waals surface area contributed by atoms with Gasteiger partial charge < -0.3 is 81.1 Å². The molecule has 0 saturated carbocycles. The second-order valence-electron chi connectivity index (χ2n) is 18.7. The number of aromatic nitrogens is 1. The van der Waals surface area contributed by atoms with Gasteiger partial charge in [-0.15, -0.1) is 0 Å². The molecule has 4 aromatic rings. The number of amides is 7. The zero-order chi connectivity index (χ0) is 57.8. The number of rotatable bonds is 23. The highest BCUT2D eigenvalue weighted by Gasteiger charge is 2.35. The van der Waals surface area contributed by atoms with E-state index >= 15 is 0 Å². The number of hydrogen-bond donors (Lipinski definition) is 15. The summed E-state index contributed by atoms with van der Waals surface area (Å²) < 4.78 is 0. The van der Waals surface area contributed by atoms with Crippen molar-refractivity contribution in [3.8, 4) is 5.75 Å². The first-order chi connectivity index (χ1) is 37.6. The molecule has 0 radical (unpaired) electrons. The number of guanidine groups is 2. The summed E-state index contributed by atoms with van der Waals surface area (Å²) in [4.78, 5) is 122. The van der Waals surface area contributed by atoms with Crippen LogP contribution in [0.2, 0.25) is 5.02 Å². The molecular formula is C51H68ClN15O10S2. The third kappa shape index (κ3) is 19.9. The topological polar surface area (TPSA) is 432 Å². The Morgan fingerprint density at radius 1 is 0.772 bits per heavy atom. The molecule has 0 spiro atoms. The summed E-state index contributed by atoms with van der Waals surface area (Å²) in [7, 11) is 2.13. The van der Waals surface area contributed by atoms with Crippen LogP contribution in [0.5, 0.6) is 5.75 Å². The van der Waals surface area contributed by atoms with Crippen molar-refractivity contribution >= 4 is 103 Å². The number of aliphatic imine (C=N–C) groups is 2. The quantitative estimate of drug-likeness (QED) is 0.0185. The molecule has 7 amide bonds. The van der Waals surface area contributed by atoms with Gasteiger partial charge in [0, 0.05) is 59.6 Å². The first-order valence-electron chi connectivity index (χ1n) is 25.1. The van der Waals surface area contributed by atoms with Crippen LogP contribution < -0.4 is 65.9 Å². The Morgan fingerprint density at radius 3 is 2.01 bits per heavy atom. The second kappa shape index (κ2) is 30.4. The van der Waals surface area contributed by atoms with Crippen molar-refractivity contribution < 1.29 is 48.6 Å². The first-order valence-corrected chi connectivity index (χ1v) is 28.0. The number of carboxylic acid groups (broad SMARTS) is 1. The van der Waals surface area contributed by atoms with E-state index < -0.39 is 96.2 Å². The highest BCUT2D eigenvalue weighted by atomic mass is 35.5. The number of nitrogens with zero attached hydrogens (tertiary/aromatic N) is 2. The molecule has 1 aromatic heterocycles. The fourth-order valence-electron chi connectivity index (χ4n) is 8.44. The monoisotopic (exact) mass is 1150 g/mol. The van der Waals surface area contributed by atoms with Crippen LogP contribution in [0.1, 0.15) is 53.5 Å². The Hall–Kier alpha value is -7.75. The average Bonchev–Trinajstić information content (AvgIpc) is 3.80. The van der Waals surface area contributed by atoms with Crippen LogP contribution in [0.3, 0.4) is 0 Å². The molecule has 1 fully saturated rings. The van der Waals surface area contributed by atoms with Crippen LogP contribution in [0.4, 0.5) is 0 Å². The highest BCUT2D eigenvalue weighted by Crippen LogP contribution is 2.26. The van der Waals surface area contributed by atoms with E-state index in [1.165, 1.54) is 0 Å². The van der Waals surface area contributed by atoms with Crippen LogP contribution in [-0.4, -0.2) is 148 Å². The smallest absolute Gasteiger partial charge is 0.326 e. The number of aryl methyl sites for hydroxylation is 2. The summed E-state index contributed by atoms with van der Waals surface area (Å²) in [6, 6.07) is 7.71. The molecule has 25 nitrogen and oxygen atoms in total. The number of carboxylic acids is 1. The minimum Gasteiger partial charge on any atom is -0.508 e. The van der Waals surface area contributed by atoms with Crippen molar-refractivity contribution in [3.05, 3.63) is 99.7 Å². The van der Waals surface area contributed by atoms with Crippen LogP contribution >= 0.6 is 33.2 Å². The summed E-state index contributed by atoms with van der Waals surface area (Å²) in [5.41, 5.74) is 32.2. The largest absolute Gasteiger partial charge is 0.508 e. The van der Waals surface area contributed by atoms with E-state index in [0.717, 1.165) is 38.1 Å². The lowest BCUT2D eigenvalue weighted by Gasteiger charge is -2.28. The van der Waals surface area contributed by atoms with Gasteiger partial charge >= 0.3 is 5.97 Å². The molecule has 0 unspecified atom stereocenters. The predicted molar refractivity (Wildman–Crippen MR) is 303 cm³/mol. The van der Waals surface area contributed by atoms with Crippen molar-refractivity contribution in [1.29, 1.82) is 0 Å². The van der Waals surface area contributed by atoms with Crippen LogP contribution in [0.25, 0.3) is 10.9 Å². The number of carbonyl (C=O) groups is 8. The molecule has 0 bridgehead atoms. The Labute approximate surface area is 468 Å². The fourth-order valence-corrected chi connectivity index (χ4v) is 10.9. The van der Waals surface area contributed by atoms with Crippen molar-refractivity contribution in [3.63, 3.8) is 0 Å². The minimum atomic E-state index is -1.39. The highest BCUT2D eigenvalue weighted by molar-refractivity contribution is 8.76. The SMILES string of the molecule is Cc1cc(O)cc(C)c1C[C@H](N)C(=O)N[C@H]1CSSC[C@@H](C(=O)NCC(=O)N[C@H](CCCN=C(N)N)C(=O)N[C@H](CCCN=C(N)N)C(=O)O)NC(=O)[C@H](Cc2ccc(Cl)cc2)NC(=O)[C@H](Cc2c[nH]c3ccccc23)NC1=O. The maximum Gasteiger partial charge on any atom is 0.326 e. The van der Waals surface area contributed by atoms with E-state index in [2.05, 4.69) is 52.2 Å². The van der Waals surface area contributed by atoms with Gasteiger partial charge in [0.1, 0.15) is 42.0 Å². The number of phenolic OH excluding ortho intramolecular Hbond substituents is 1. The molecule has 5 rings (SSSR count). The fraction of sp³-hybridized carbons (Fsp3) is 0.412. The van der Waals surface area contributed by atoms with Gasteiger partial charge in [0.15, 0.2) is 11.9 Å². The number of fused-ring (bicyclic) bond motifs is 1. The van der Waals surface area contributed by atoms with Gasteiger partial charge in [0.25, 0.3) is 0 Å².